The van der Waals surface area contributed by atoms with Gasteiger partial charge in [0.1, 0.15) is 6.61 Å². The highest BCUT2D eigenvalue weighted by Gasteiger charge is 2.38. The lowest BCUT2D eigenvalue weighted by atomic mass is 9.84. The zero-order valence-corrected chi connectivity index (χ0v) is 9.34. The highest BCUT2D eigenvalue weighted by molar-refractivity contribution is 5.69. The molecule has 0 N–H and O–H groups in total. The minimum absolute atomic E-state index is 0.0836. The van der Waals surface area contributed by atoms with E-state index < -0.39 is 0 Å². The van der Waals surface area contributed by atoms with Gasteiger partial charge in [-0.15, -0.1) is 0 Å². The first-order valence-corrected chi connectivity index (χ1v) is 5.31. The van der Waals surface area contributed by atoms with E-state index in [0.717, 1.165) is 19.6 Å². The third-order valence-electron chi connectivity index (χ3n) is 2.68. The molecule has 0 saturated carbocycles. The molecule has 0 unspecified atom stereocenters. The normalized spacial score (nSPS) is 19.1. The first kappa shape index (κ1) is 11.5. The van der Waals surface area contributed by atoms with Gasteiger partial charge >= 0.3 is 5.97 Å². The van der Waals surface area contributed by atoms with Gasteiger partial charge in [-0.3, -0.25) is 4.79 Å². The number of hydrogen-bond acceptors (Lipinski definition) is 3. The van der Waals surface area contributed by atoms with E-state index in [4.69, 9.17) is 9.47 Å². The third-order valence-corrected chi connectivity index (χ3v) is 2.68. The Bertz CT molecular complexity index is 189. The zero-order valence-electron chi connectivity index (χ0n) is 9.34. The molecule has 0 bridgehead atoms. The molecule has 1 saturated heterocycles. The van der Waals surface area contributed by atoms with Gasteiger partial charge in [-0.1, -0.05) is 20.8 Å². The van der Waals surface area contributed by atoms with Crippen molar-refractivity contribution in [2.45, 2.75) is 33.6 Å². The lowest BCUT2D eigenvalue weighted by Crippen LogP contribution is -2.46. The van der Waals surface area contributed by atoms with Crippen LogP contribution in [0.2, 0.25) is 0 Å². The minimum atomic E-state index is -0.0836. The van der Waals surface area contributed by atoms with Crippen molar-refractivity contribution in [3.05, 3.63) is 0 Å². The van der Waals surface area contributed by atoms with E-state index in [1.807, 2.05) is 13.8 Å². The third kappa shape index (κ3) is 2.98. The summed E-state index contributed by atoms with van der Waals surface area (Å²) in [5, 5.41) is 0. The zero-order chi connectivity index (χ0) is 10.6. The van der Waals surface area contributed by atoms with Gasteiger partial charge in [0.2, 0.25) is 0 Å². The van der Waals surface area contributed by atoms with Crippen molar-refractivity contribution in [2.24, 2.45) is 11.3 Å². The van der Waals surface area contributed by atoms with Crippen molar-refractivity contribution < 1.29 is 14.3 Å². The SMILES string of the molecule is CCC1(COC(=O)CC(C)C)COC1. The summed E-state index contributed by atoms with van der Waals surface area (Å²) in [6.45, 7) is 8.14. The average Bonchev–Trinajstić information content (AvgIpc) is 2.01. The topological polar surface area (TPSA) is 35.5 Å². The van der Waals surface area contributed by atoms with Gasteiger partial charge < -0.3 is 9.47 Å². The molecular formula is C11H20O3. The maximum atomic E-state index is 11.3. The second kappa shape index (κ2) is 4.78. The first-order chi connectivity index (χ1) is 6.58. The van der Waals surface area contributed by atoms with Crippen LogP contribution in [0.15, 0.2) is 0 Å². The molecule has 1 aliphatic rings. The van der Waals surface area contributed by atoms with Gasteiger partial charge in [-0.05, 0) is 12.3 Å². The molecular weight excluding hydrogens is 180 g/mol. The molecule has 1 rings (SSSR count). The molecule has 14 heavy (non-hydrogen) atoms. The Hall–Kier alpha value is -0.570. The lowest BCUT2D eigenvalue weighted by Gasteiger charge is -2.39. The molecule has 0 aromatic carbocycles. The Morgan fingerprint density at radius 2 is 2.14 bits per heavy atom. The quantitative estimate of drug-likeness (QED) is 0.637. The predicted molar refractivity (Wildman–Crippen MR) is 54.0 cm³/mol. The minimum Gasteiger partial charge on any atom is -0.465 e. The molecule has 0 atom stereocenters. The standard InChI is InChI=1S/C11H20O3/c1-4-11(6-13-7-11)8-14-10(12)5-9(2)3/h9H,4-8H2,1-3H3. The van der Waals surface area contributed by atoms with E-state index in [1.54, 1.807) is 0 Å². The average molecular weight is 200 g/mol. The smallest absolute Gasteiger partial charge is 0.306 e. The summed E-state index contributed by atoms with van der Waals surface area (Å²) in [5.41, 5.74) is 0.118. The molecule has 82 valence electrons. The van der Waals surface area contributed by atoms with Crippen molar-refractivity contribution in [3.63, 3.8) is 0 Å². The van der Waals surface area contributed by atoms with Gasteiger partial charge in [0.15, 0.2) is 0 Å². The van der Waals surface area contributed by atoms with Crippen LogP contribution in [-0.2, 0) is 14.3 Å². The Morgan fingerprint density at radius 3 is 2.50 bits per heavy atom. The maximum absolute atomic E-state index is 11.3. The summed E-state index contributed by atoms with van der Waals surface area (Å²) >= 11 is 0. The maximum Gasteiger partial charge on any atom is 0.306 e. The Morgan fingerprint density at radius 1 is 1.50 bits per heavy atom. The number of rotatable bonds is 5. The summed E-state index contributed by atoms with van der Waals surface area (Å²) in [7, 11) is 0. The first-order valence-electron chi connectivity index (χ1n) is 5.31. The molecule has 3 heteroatoms. The van der Waals surface area contributed by atoms with Gasteiger partial charge in [-0.2, -0.15) is 0 Å². The van der Waals surface area contributed by atoms with Crippen molar-refractivity contribution in [1.29, 1.82) is 0 Å². The van der Waals surface area contributed by atoms with Crippen LogP contribution in [-0.4, -0.2) is 25.8 Å². The van der Waals surface area contributed by atoms with E-state index in [9.17, 15) is 4.79 Å². The summed E-state index contributed by atoms with van der Waals surface area (Å²) in [5.74, 6) is 0.289. The second-order valence-corrected chi connectivity index (χ2v) is 4.61. The summed E-state index contributed by atoms with van der Waals surface area (Å²) < 4.78 is 10.4. The summed E-state index contributed by atoms with van der Waals surface area (Å²) in [6.07, 6.45) is 1.53. The van der Waals surface area contributed by atoms with Crippen LogP contribution in [0.1, 0.15) is 33.6 Å². The Balaban J connectivity index is 2.22. The van der Waals surface area contributed by atoms with Gasteiger partial charge in [0.05, 0.1) is 18.6 Å². The van der Waals surface area contributed by atoms with Gasteiger partial charge in [-0.25, -0.2) is 0 Å². The van der Waals surface area contributed by atoms with Crippen LogP contribution in [0, 0.1) is 11.3 Å². The van der Waals surface area contributed by atoms with Crippen LogP contribution < -0.4 is 0 Å². The number of carbonyl (C=O) groups excluding carboxylic acids is 1. The summed E-state index contributed by atoms with van der Waals surface area (Å²) in [4.78, 5) is 11.3. The van der Waals surface area contributed by atoms with Crippen LogP contribution in [0.25, 0.3) is 0 Å². The number of hydrogen-bond donors (Lipinski definition) is 0. The van der Waals surface area contributed by atoms with Gasteiger partial charge in [0.25, 0.3) is 0 Å². The Labute approximate surface area is 85.8 Å². The highest BCUT2D eigenvalue weighted by atomic mass is 16.5. The monoisotopic (exact) mass is 200 g/mol. The molecule has 0 amide bonds. The Kier molecular flexibility index (Phi) is 3.93. The van der Waals surface area contributed by atoms with E-state index >= 15 is 0 Å². The molecule has 1 fully saturated rings. The van der Waals surface area contributed by atoms with E-state index in [-0.39, 0.29) is 11.4 Å². The number of esters is 1. The second-order valence-electron chi connectivity index (χ2n) is 4.61. The van der Waals surface area contributed by atoms with Crippen molar-refractivity contribution in [2.75, 3.05) is 19.8 Å². The molecule has 0 aromatic rings. The van der Waals surface area contributed by atoms with Crippen molar-refractivity contribution in [3.8, 4) is 0 Å². The van der Waals surface area contributed by atoms with E-state index in [1.165, 1.54) is 0 Å². The number of carbonyl (C=O) groups is 1. The largest absolute Gasteiger partial charge is 0.465 e. The summed E-state index contributed by atoms with van der Waals surface area (Å²) in [6, 6.07) is 0. The van der Waals surface area contributed by atoms with Crippen molar-refractivity contribution >= 4 is 5.97 Å². The fourth-order valence-corrected chi connectivity index (χ4v) is 1.41. The van der Waals surface area contributed by atoms with Gasteiger partial charge in [0, 0.05) is 6.42 Å². The highest BCUT2D eigenvalue weighted by Crippen LogP contribution is 2.31. The molecule has 0 aromatic heterocycles. The fourth-order valence-electron chi connectivity index (χ4n) is 1.41. The van der Waals surface area contributed by atoms with Crippen LogP contribution in [0.5, 0.6) is 0 Å². The molecule has 1 heterocycles. The molecule has 3 nitrogen and oxygen atoms in total. The number of ether oxygens (including phenoxy) is 2. The van der Waals surface area contributed by atoms with Crippen LogP contribution in [0.4, 0.5) is 0 Å². The van der Waals surface area contributed by atoms with E-state index in [2.05, 4.69) is 6.92 Å². The molecule has 0 aliphatic carbocycles. The predicted octanol–water partition coefficient (Wildman–Crippen LogP) is 2.00. The van der Waals surface area contributed by atoms with Crippen LogP contribution in [0.3, 0.4) is 0 Å². The lowest BCUT2D eigenvalue weighted by molar-refractivity contribution is -0.170. The van der Waals surface area contributed by atoms with E-state index in [0.29, 0.717) is 18.9 Å². The fraction of sp³-hybridized carbons (Fsp3) is 0.909. The van der Waals surface area contributed by atoms with Crippen molar-refractivity contribution in [1.82, 2.24) is 0 Å². The van der Waals surface area contributed by atoms with Crippen LogP contribution >= 0.6 is 0 Å². The molecule has 0 spiro atoms. The molecule has 1 aliphatic heterocycles. The molecule has 0 radical (unpaired) electrons.